The summed E-state index contributed by atoms with van der Waals surface area (Å²) in [6.07, 6.45) is 7.17. The van der Waals surface area contributed by atoms with Gasteiger partial charge >= 0.3 is 5.97 Å². The zero-order valence-electron chi connectivity index (χ0n) is 22.5. The highest BCUT2D eigenvalue weighted by Gasteiger charge is 2.44. The minimum Gasteiger partial charge on any atom is -0.481 e. The van der Waals surface area contributed by atoms with Crippen molar-refractivity contribution < 1.29 is 14.7 Å². The Morgan fingerprint density at radius 2 is 1.82 bits per heavy atom. The number of fused-ring (bicyclic) bond motifs is 1. The summed E-state index contributed by atoms with van der Waals surface area (Å²) in [6, 6.07) is 26.1. The molecular formula is C34H32ClNO3S. The average Bonchev–Trinajstić information content (AvgIpc) is 3.70. The van der Waals surface area contributed by atoms with Crippen molar-refractivity contribution >= 4 is 58.2 Å². The number of hydrogen-bond donors (Lipinski definition) is 1. The third kappa shape index (κ3) is 7.01. The molecule has 0 bridgehead atoms. The minimum atomic E-state index is -0.709. The third-order valence-electron chi connectivity index (χ3n) is 7.59. The van der Waals surface area contributed by atoms with Gasteiger partial charge in [0.25, 0.3) is 0 Å². The first-order chi connectivity index (χ1) is 19.3. The smallest absolute Gasteiger partial charge is 0.303 e. The predicted molar refractivity (Wildman–Crippen MR) is 166 cm³/mol. The van der Waals surface area contributed by atoms with Crippen LogP contribution in [0.2, 0.25) is 5.02 Å². The molecule has 1 saturated carbocycles. The molecule has 40 heavy (non-hydrogen) atoms. The standard InChI is InChI=1S/C34H32ClNO3S/c1-23(37)29-7-2-3-8-31(29)30(15-18-40-22-34(16-17-34)21-33(38)39)26-6-4-5-24(19-26)9-13-28-14-11-25-10-12-27(35)20-32(25)36-28/h2-14,19-20,30H,15-18,21-22H2,1H3,(H,38,39)/b13-9+. The van der Waals surface area contributed by atoms with E-state index < -0.39 is 5.97 Å². The third-order valence-corrected chi connectivity index (χ3v) is 9.17. The van der Waals surface area contributed by atoms with Gasteiger partial charge in [0.05, 0.1) is 17.6 Å². The van der Waals surface area contributed by atoms with Crippen LogP contribution < -0.4 is 0 Å². The maximum atomic E-state index is 12.5. The number of carboxylic acid groups (broad SMARTS) is 1. The van der Waals surface area contributed by atoms with E-state index in [-0.39, 0.29) is 23.5 Å². The van der Waals surface area contributed by atoms with E-state index in [9.17, 15) is 14.7 Å². The Bertz CT molecular complexity index is 1580. The molecule has 6 heteroatoms. The lowest BCUT2D eigenvalue weighted by atomic mass is 9.84. The van der Waals surface area contributed by atoms with Gasteiger partial charge in [-0.05, 0) is 84.1 Å². The molecule has 1 heterocycles. The maximum Gasteiger partial charge on any atom is 0.303 e. The second kappa shape index (κ2) is 12.4. The van der Waals surface area contributed by atoms with Crippen LogP contribution in [0.15, 0.2) is 78.9 Å². The van der Waals surface area contributed by atoms with Crippen LogP contribution in [-0.4, -0.2) is 33.3 Å². The Morgan fingerprint density at radius 1 is 1.02 bits per heavy atom. The molecule has 0 radical (unpaired) electrons. The topological polar surface area (TPSA) is 67.3 Å². The number of carboxylic acids is 1. The maximum absolute atomic E-state index is 12.5. The molecule has 0 amide bonds. The van der Waals surface area contributed by atoms with Gasteiger partial charge in [-0.3, -0.25) is 9.59 Å². The number of aromatic nitrogens is 1. The summed E-state index contributed by atoms with van der Waals surface area (Å²) >= 11 is 7.99. The SMILES string of the molecule is CC(=O)c1ccccc1C(CCSCC1(CC(=O)O)CC1)c1cccc(/C=C/c2ccc3ccc(Cl)cc3n2)c1. The molecule has 1 atom stereocenters. The monoisotopic (exact) mass is 569 g/mol. The van der Waals surface area contributed by atoms with Gasteiger partial charge in [-0.1, -0.05) is 78.3 Å². The molecule has 1 aromatic heterocycles. The number of thioether (sulfide) groups is 1. The molecule has 0 spiro atoms. The number of Topliss-reactive ketones (excluding diaryl/α,β-unsaturated/α-hetero) is 1. The summed E-state index contributed by atoms with van der Waals surface area (Å²) in [7, 11) is 0. The van der Waals surface area contributed by atoms with Crippen molar-refractivity contribution in [3.63, 3.8) is 0 Å². The van der Waals surface area contributed by atoms with Gasteiger partial charge in [0.2, 0.25) is 0 Å². The predicted octanol–water partition coefficient (Wildman–Crippen LogP) is 8.77. The number of benzene rings is 3. The Labute approximate surface area is 244 Å². The molecule has 1 unspecified atom stereocenters. The summed E-state index contributed by atoms with van der Waals surface area (Å²) in [5.74, 6) is 1.16. The number of carbonyl (C=O) groups is 2. The molecule has 4 nitrogen and oxygen atoms in total. The van der Waals surface area contributed by atoms with Crippen LogP contribution in [0, 0.1) is 5.41 Å². The fraction of sp³-hybridized carbons (Fsp3) is 0.265. The highest BCUT2D eigenvalue weighted by molar-refractivity contribution is 7.99. The molecule has 3 aromatic carbocycles. The highest BCUT2D eigenvalue weighted by Crippen LogP contribution is 2.51. The summed E-state index contributed by atoms with van der Waals surface area (Å²) in [6.45, 7) is 1.62. The van der Waals surface area contributed by atoms with E-state index in [0.29, 0.717) is 5.02 Å². The van der Waals surface area contributed by atoms with Crippen molar-refractivity contribution in [3.05, 3.63) is 112 Å². The van der Waals surface area contributed by atoms with Crippen molar-refractivity contribution in [3.8, 4) is 0 Å². The molecule has 4 aromatic rings. The lowest BCUT2D eigenvalue weighted by molar-refractivity contribution is -0.138. The second-order valence-electron chi connectivity index (χ2n) is 10.7. The fourth-order valence-electron chi connectivity index (χ4n) is 5.24. The molecule has 1 fully saturated rings. The van der Waals surface area contributed by atoms with Crippen molar-refractivity contribution in [1.29, 1.82) is 0 Å². The van der Waals surface area contributed by atoms with Gasteiger partial charge in [0.1, 0.15) is 0 Å². The lowest BCUT2D eigenvalue weighted by Crippen LogP contribution is -2.12. The molecule has 1 aliphatic rings. The minimum absolute atomic E-state index is 0.0316. The molecule has 204 valence electrons. The van der Waals surface area contributed by atoms with Gasteiger partial charge in [0.15, 0.2) is 5.78 Å². The molecular weight excluding hydrogens is 538 g/mol. The first kappa shape index (κ1) is 28.1. The normalized spacial score (nSPS) is 14.8. The summed E-state index contributed by atoms with van der Waals surface area (Å²) in [5.41, 5.74) is 5.68. The van der Waals surface area contributed by atoms with E-state index in [4.69, 9.17) is 16.6 Å². The quantitative estimate of drug-likeness (QED) is 0.136. The van der Waals surface area contributed by atoms with E-state index in [0.717, 1.165) is 69.6 Å². The summed E-state index contributed by atoms with van der Waals surface area (Å²) in [5, 5.41) is 11.0. The highest BCUT2D eigenvalue weighted by atomic mass is 35.5. The van der Waals surface area contributed by atoms with E-state index in [1.165, 1.54) is 0 Å². The first-order valence-electron chi connectivity index (χ1n) is 13.6. The number of aliphatic carboxylic acids is 1. The van der Waals surface area contributed by atoms with Gasteiger partial charge in [-0.2, -0.15) is 11.8 Å². The average molecular weight is 570 g/mol. The number of nitrogens with zero attached hydrogens (tertiary/aromatic N) is 1. The molecule has 0 aliphatic heterocycles. The van der Waals surface area contributed by atoms with E-state index in [1.54, 1.807) is 6.92 Å². The van der Waals surface area contributed by atoms with Crippen molar-refractivity contribution in [2.45, 2.75) is 38.5 Å². The Balaban J connectivity index is 1.37. The number of halogens is 1. The number of hydrogen-bond acceptors (Lipinski definition) is 4. The fourth-order valence-corrected chi connectivity index (χ4v) is 6.78. The zero-order valence-corrected chi connectivity index (χ0v) is 24.0. The van der Waals surface area contributed by atoms with Crippen LogP contribution in [0.5, 0.6) is 0 Å². The van der Waals surface area contributed by atoms with Crippen molar-refractivity contribution in [2.75, 3.05) is 11.5 Å². The zero-order chi connectivity index (χ0) is 28.1. The number of pyridine rings is 1. The van der Waals surface area contributed by atoms with E-state index >= 15 is 0 Å². The Hall–Kier alpha value is -3.41. The molecule has 5 rings (SSSR count). The van der Waals surface area contributed by atoms with E-state index in [2.05, 4.69) is 36.4 Å². The number of ketones is 1. The Kier molecular flexibility index (Phi) is 8.72. The van der Waals surface area contributed by atoms with Gasteiger partial charge in [-0.15, -0.1) is 0 Å². The van der Waals surface area contributed by atoms with Gasteiger partial charge in [-0.25, -0.2) is 4.98 Å². The van der Waals surface area contributed by atoms with E-state index in [1.807, 2.05) is 66.4 Å². The van der Waals surface area contributed by atoms with Gasteiger partial charge in [0, 0.05) is 21.9 Å². The first-order valence-corrected chi connectivity index (χ1v) is 15.1. The largest absolute Gasteiger partial charge is 0.481 e. The Morgan fingerprint density at radius 3 is 2.60 bits per heavy atom. The van der Waals surface area contributed by atoms with Gasteiger partial charge < -0.3 is 5.11 Å². The molecule has 1 aliphatic carbocycles. The molecule has 0 saturated heterocycles. The molecule has 1 N–H and O–H groups in total. The van der Waals surface area contributed by atoms with Crippen LogP contribution in [0.1, 0.15) is 71.3 Å². The van der Waals surface area contributed by atoms with Crippen LogP contribution in [0.25, 0.3) is 23.1 Å². The van der Waals surface area contributed by atoms with Crippen molar-refractivity contribution in [2.24, 2.45) is 5.41 Å². The van der Waals surface area contributed by atoms with Crippen LogP contribution >= 0.6 is 23.4 Å². The lowest BCUT2D eigenvalue weighted by Gasteiger charge is -2.21. The van der Waals surface area contributed by atoms with Crippen LogP contribution in [0.4, 0.5) is 0 Å². The number of rotatable bonds is 12. The summed E-state index contributed by atoms with van der Waals surface area (Å²) in [4.78, 5) is 28.5. The van der Waals surface area contributed by atoms with Crippen LogP contribution in [0.3, 0.4) is 0 Å². The number of carbonyl (C=O) groups excluding carboxylic acids is 1. The van der Waals surface area contributed by atoms with Crippen LogP contribution in [-0.2, 0) is 4.79 Å². The summed E-state index contributed by atoms with van der Waals surface area (Å²) < 4.78 is 0. The van der Waals surface area contributed by atoms with Crippen molar-refractivity contribution in [1.82, 2.24) is 4.98 Å². The second-order valence-corrected chi connectivity index (χ2v) is 12.2.